The SMILES string of the molecule is CCC(C)(C)CNCc1cc(C)n(-c2ccccc2)c1C. The first-order valence-corrected chi connectivity index (χ1v) is 7.88. The van der Waals surface area contributed by atoms with Crippen molar-refractivity contribution in [3.05, 3.63) is 53.3 Å². The van der Waals surface area contributed by atoms with Crippen molar-refractivity contribution in [3.63, 3.8) is 0 Å². The maximum atomic E-state index is 3.61. The van der Waals surface area contributed by atoms with Gasteiger partial charge < -0.3 is 9.88 Å². The molecule has 2 rings (SSSR count). The summed E-state index contributed by atoms with van der Waals surface area (Å²) in [6.07, 6.45) is 1.20. The average molecular weight is 284 g/mol. The molecule has 0 aliphatic heterocycles. The van der Waals surface area contributed by atoms with Crippen molar-refractivity contribution >= 4 is 0 Å². The lowest BCUT2D eigenvalue weighted by molar-refractivity contribution is 0.327. The van der Waals surface area contributed by atoms with Crippen LogP contribution in [0.1, 0.15) is 44.1 Å². The second-order valence-electron chi connectivity index (χ2n) is 6.69. The molecule has 0 saturated carbocycles. The Labute approximate surface area is 129 Å². The van der Waals surface area contributed by atoms with Crippen LogP contribution in [-0.4, -0.2) is 11.1 Å². The lowest BCUT2D eigenvalue weighted by Gasteiger charge is -2.23. The van der Waals surface area contributed by atoms with E-state index in [9.17, 15) is 0 Å². The Morgan fingerprint density at radius 3 is 2.38 bits per heavy atom. The molecule has 1 aromatic heterocycles. The lowest BCUT2D eigenvalue weighted by atomic mass is 9.90. The van der Waals surface area contributed by atoms with E-state index in [0.717, 1.165) is 13.1 Å². The van der Waals surface area contributed by atoms with Crippen molar-refractivity contribution in [1.82, 2.24) is 9.88 Å². The van der Waals surface area contributed by atoms with Crippen molar-refractivity contribution in [3.8, 4) is 5.69 Å². The number of nitrogens with zero attached hydrogens (tertiary/aromatic N) is 1. The highest BCUT2D eigenvalue weighted by Crippen LogP contribution is 2.22. The zero-order valence-electron chi connectivity index (χ0n) is 14.0. The number of aryl methyl sites for hydroxylation is 1. The second kappa shape index (κ2) is 6.48. The van der Waals surface area contributed by atoms with E-state index in [0.29, 0.717) is 5.41 Å². The van der Waals surface area contributed by atoms with Crippen molar-refractivity contribution in [2.24, 2.45) is 5.41 Å². The molecule has 2 nitrogen and oxygen atoms in total. The molecule has 0 radical (unpaired) electrons. The van der Waals surface area contributed by atoms with Crippen LogP contribution in [0.3, 0.4) is 0 Å². The Hall–Kier alpha value is -1.54. The van der Waals surface area contributed by atoms with Gasteiger partial charge in [-0.2, -0.15) is 0 Å². The van der Waals surface area contributed by atoms with Gasteiger partial charge in [0.25, 0.3) is 0 Å². The highest BCUT2D eigenvalue weighted by molar-refractivity contribution is 5.40. The zero-order valence-corrected chi connectivity index (χ0v) is 14.0. The first kappa shape index (κ1) is 15.8. The van der Waals surface area contributed by atoms with Gasteiger partial charge in [0.1, 0.15) is 0 Å². The topological polar surface area (TPSA) is 17.0 Å². The van der Waals surface area contributed by atoms with E-state index >= 15 is 0 Å². The number of nitrogens with one attached hydrogen (secondary N) is 1. The van der Waals surface area contributed by atoms with E-state index in [1.165, 1.54) is 29.1 Å². The van der Waals surface area contributed by atoms with E-state index in [1.807, 2.05) is 0 Å². The third kappa shape index (κ3) is 3.76. The molecule has 114 valence electrons. The molecule has 0 fully saturated rings. The van der Waals surface area contributed by atoms with Gasteiger partial charge in [-0.1, -0.05) is 39.0 Å². The number of aromatic nitrogens is 1. The first-order chi connectivity index (χ1) is 9.94. The van der Waals surface area contributed by atoms with Gasteiger partial charge in [0.05, 0.1) is 0 Å². The highest BCUT2D eigenvalue weighted by Gasteiger charge is 2.15. The molecule has 21 heavy (non-hydrogen) atoms. The van der Waals surface area contributed by atoms with Crippen molar-refractivity contribution in [2.75, 3.05) is 6.54 Å². The molecule has 0 aliphatic carbocycles. The van der Waals surface area contributed by atoms with Gasteiger partial charge in [-0.3, -0.25) is 0 Å². The number of rotatable bonds is 6. The fourth-order valence-electron chi connectivity index (χ4n) is 2.64. The summed E-state index contributed by atoms with van der Waals surface area (Å²) in [7, 11) is 0. The summed E-state index contributed by atoms with van der Waals surface area (Å²) in [6.45, 7) is 13.3. The Bertz CT molecular complexity index is 579. The quantitative estimate of drug-likeness (QED) is 0.819. The number of hydrogen-bond donors (Lipinski definition) is 1. The molecule has 0 amide bonds. The van der Waals surface area contributed by atoms with Crippen molar-refractivity contribution < 1.29 is 0 Å². The fraction of sp³-hybridized carbons (Fsp3) is 0.474. The number of benzene rings is 1. The van der Waals surface area contributed by atoms with Crippen LogP contribution in [0.4, 0.5) is 0 Å². The molecular formula is C19H28N2. The maximum absolute atomic E-state index is 3.61. The molecule has 2 aromatic rings. The molecule has 1 N–H and O–H groups in total. The van der Waals surface area contributed by atoms with E-state index in [4.69, 9.17) is 0 Å². The summed E-state index contributed by atoms with van der Waals surface area (Å²) in [6, 6.07) is 12.9. The minimum atomic E-state index is 0.366. The molecule has 1 aromatic carbocycles. The van der Waals surface area contributed by atoms with E-state index in [-0.39, 0.29) is 0 Å². The van der Waals surface area contributed by atoms with Crippen LogP contribution >= 0.6 is 0 Å². The first-order valence-electron chi connectivity index (χ1n) is 7.88. The number of hydrogen-bond acceptors (Lipinski definition) is 1. The molecule has 0 aliphatic rings. The standard InChI is InChI=1S/C19H28N2/c1-6-19(4,5)14-20-13-17-12-15(2)21(16(17)3)18-10-8-7-9-11-18/h7-12,20H,6,13-14H2,1-5H3. The second-order valence-corrected chi connectivity index (χ2v) is 6.69. The number of para-hydroxylation sites is 1. The highest BCUT2D eigenvalue weighted by atomic mass is 15.0. The molecule has 0 saturated heterocycles. The van der Waals surface area contributed by atoms with Crippen LogP contribution in [0.5, 0.6) is 0 Å². The van der Waals surface area contributed by atoms with Crippen LogP contribution in [-0.2, 0) is 6.54 Å². The summed E-state index contributed by atoms with van der Waals surface area (Å²) < 4.78 is 2.34. The molecule has 2 heteroatoms. The molecule has 0 unspecified atom stereocenters. The Morgan fingerprint density at radius 2 is 1.76 bits per heavy atom. The lowest BCUT2D eigenvalue weighted by Crippen LogP contribution is -2.28. The predicted molar refractivity (Wildman–Crippen MR) is 91.0 cm³/mol. The van der Waals surface area contributed by atoms with Crippen LogP contribution in [0.25, 0.3) is 5.69 Å². The van der Waals surface area contributed by atoms with Gasteiger partial charge >= 0.3 is 0 Å². The summed E-state index contributed by atoms with van der Waals surface area (Å²) in [5, 5.41) is 3.61. The summed E-state index contributed by atoms with van der Waals surface area (Å²) in [4.78, 5) is 0. The van der Waals surface area contributed by atoms with E-state index in [1.54, 1.807) is 0 Å². The normalized spacial score (nSPS) is 11.9. The van der Waals surface area contributed by atoms with Crippen LogP contribution in [0, 0.1) is 19.3 Å². The molecule has 0 spiro atoms. The maximum Gasteiger partial charge on any atom is 0.0455 e. The third-order valence-corrected chi connectivity index (χ3v) is 4.43. The van der Waals surface area contributed by atoms with Gasteiger partial charge in [-0.25, -0.2) is 0 Å². The minimum absolute atomic E-state index is 0.366. The van der Waals surface area contributed by atoms with Gasteiger partial charge in [0.2, 0.25) is 0 Å². The Morgan fingerprint density at radius 1 is 1.10 bits per heavy atom. The van der Waals surface area contributed by atoms with Gasteiger partial charge in [0, 0.05) is 30.2 Å². The average Bonchev–Trinajstić information content (AvgIpc) is 2.74. The smallest absolute Gasteiger partial charge is 0.0455 e. The van der Waals surface area contributed by atoms with E-state index < -0.39 is 0 Å². The summed E-state index contributed by atoms with van der Waals surface area (Å²) in [5.41, 5.74) is 5.63. The van der Waals surface area contributed by atoms with Gasteiger partial charge in [0.15, 0.2) is 0 Å². The van der Waals surface area contributed by atoms with Crippen molar-refractivity contribution in [2.45, 2.75) is 47.6 Å². The van der Waals surface area contributed by atoms with Gasteiger partial charge in [-0.05, 0) is 49.4 Å². The third-order valence-electron chi connectivity index (χ3n) is 4.43. The van der Waals surface area contributed by atoms with Crippen LogP contribution < -0.4 is 5.32 Å². The molecule has 1 heterocycles. The largest absolute Gasteiger partial charge is 0.318 e. The predicted octanol–water partition coefficient (Wildman–Crippen LogP) is 4.62. The van der Waals surface area contributed by atoms with Crippen molar-refractivity contribution in [1.29, 1.82) is 0 Å². The minimum Gasteiger partial charge on any atom is -0.318 e. The zero-order chi connectivity index (χ0) is 15.5. The summed E-state index contributed by atoms with van der Waals surface area (Å²) in [5.74, 6) is 0. The fourth-order valence-corrected chi connectivity index (χ4v) is 2.64. The van der Waals surface area contributed by atoms with Crippen LogP contribution in [0.2, 0.25) is 0 Å². The van der Waals surface area contributed by atoms with Crippen LogP contribution in [0.15, 0.2) is 36.4 Å². The van der Waals surface area contributed by atoms with E-state index in [2.05, 4.69) is 80.9 Å². The monoisotopic (exact) mass is 284 g/mol. The Kier molecular flexibility index (Phi) is 4.89. The molecule has 0 bridgehead atoms. The molecule has 0 atom stereocenters. The summed E-state index contributed by atoms with van der Waals surface area (Å²) >= 11 is 0. The van der Waals surface area contributed by atoms with Gasteiger partial charge in [-0.15, -0.1) is 0 Å². The molecular weight excluding hydrogens is 256 g/mol. The Balaban J connectivity index is 2.13.